The van der Waals surface area contributed by atoms with Crippen molar-refractivity contribution in [2.75, 3.05) is 4.90 Å². The minimum atomic E-state index is -0.727. The predicted molar refractivity (Wildman–Crippen MR) is 243 cm³/mol. The molecule has 1 aromatic heterocycles. The third-order valence-electron chi connectivity index (χ3n) is 14.2. The number of pyridine rings is 1. The molecular weight excluding hydrogens is 729 g/mol. The Balaban J connectivity index is 1.11. The summed E-state index contributed by atoms with van der Waals surface area (Å²) in [4.78, 5) is 17.3. The topological polar surface area (TPSA) is 25.2 Å². The lowest BCUT2D eigenvalue weighted by Crippen LogP contribution is -2.42. The summed E-state index contributed by atoms with van der Waals surface area (Å²) in [6.07, 6.45) is 0. The molecule has 0 radical (unpaired) electrons. The molecule has 3 nitrogen and oxygen atoms in total. The van der Waals surface area contributed by atoms with Crippen LogP contribution >= 0.6 is 0 Å². The van der Waals surface area contributed by atoms with E-state index in [1.54, 1.807) is 0 Å². The lowest BCUT2D eigenvalue weighted by Gasteiger charge is -2.49. The van der Waals surface area contributed by atoms with Crippen molar-refractivity contribution < 1.29 is 0 Å². The molecule has 0 atom stereocenters. The highest BCUT2D eigenvalue weighted by atomic mass is 16.1. The van der Waals surface area contributed by atoms with Crippen LogP contribution in [0.2, 0.25) is 0 Å². The molecule has 0 bridgehead atoms. The molecular formula is C57H34N2O. The molecule has 4 aliphatic rings. The summed E-state index contributed by atoms with van der Waals surface area (Å²) in [5, 5.41) is 2.78. The summed E-state index contributed by atoms with van der Waals surface area (Å²) in [6.45, 7) is 0. The SMILES string of the molecule is O=c1c2ccccc2c2cccc3c2n1-c1ccccc1C31c2ccccc2N(c2cccc3c2-c2ccccc2C32c3ccccc3-c3ccccc32)c2ccccc21. The van der Waals surface area contributed by atoms with Crippen LogP contribution in [0.15, 0.2) is 211 Å². The Kier molecular flexibility index (Phi) is 6.04. The first-order valence-corrected chi connectivity index (χ1v) is 20.8. The second-order valence-corrected chi connectivity index (χ2v) is 16.6. The van der Waals surface area contributed by atoms with E-state index in [0.29, 0.717) is 0 Å². The monoisotopic (exact) mass is 762 g/mol. The number of para-hydroxylation sites is 4. The van der Waals surface area contributed by atoms with E-state index < -0.39 is 10.8 Å². The molecule has 0 saturated heterocycles. The number of hydrogen-bond acceptors (Lipinski definition) is 2. The number of hydrogen-bond donors (Lipinski definition) is 0. The Bertz CT molecular complexity index is 3520. The number of anilines is 3. The van der Waals surface area contributed by atoms with Crippen LogP contribution in [0, 0.1) is 0 Å². The van der Waals surface area contributed by atoms with Crippen LogP contribution in [0.4, 0.5) is 17.1 Å². The van der Waals surface area contributed by atoms with Gasteiger partial charge in [0.15, 0.2) is 0 Å². The minimum absolute atomic E-state index is 0.00867. The standard InChI is InChI=1S/C57H34N2O/c60-55-39-20-2-1-17-35(39)38-22-15-30-48-54(38)59(55)51-33-14-11-28-46(51)57(48)44-26-9-12-31-49(44)58(50-32-13-10-27-45(50)57)52-34-16-29-47-53(52)40-21-5-8-25-43(40)56(47)41-23-6-3-18-36(41)37-19-4-7-24-42(37)56/h1-34H. The van der Waals surface area contributed by atoms with Crippen molar-refractivity contribution in [2.45, 2.75) is 10.8 Å². The molecule has 2 spiro atoms. The molecule has 9 aromatic carbocycles. The summed E-state index contributed by atoms with van der Waals surface area (Å²) in [5.74, 6) is 0. The van der Waals surface area contributed by atoms with Crippen molar-refractivity contribution in [2.24, 2.45) is 0 Å². The van der Waals surface area contributed by atoms with E-state index in [1.165, 1.54) is 55.6 Å². The zero-order chi connectivity index (χ0) is 39.3. The van der Waals surface area contributed by atoms with Gasteiger partial charge in [0.2, 0.25) is 0 Å². The lowest BCUT2D eigenvalue weighted by molar-refractivity contribution is 0.709. The summed E-state index contributed by atoms with van der Waals surface area (Å²) in [6, 6.07) is 75.3. The fourth-order valence-electron chi connectivity index (χ4n) is 12.2. The molecule has 278 valence electrons. The van der Waals surface area contributed by atoms with Crippen LogP contribution in [-0.4, -0.2) is 4.57 Å². The normalized spacial score (nSPS) is 15.0. The largest absolute Gasteiger partial charge is 0.309 e. The zero-order valence-electron chi connectivity index (χ0n) is 32.4. The average molecular weight is 763 g/mol. The number of benzene rings is 9. The van der Waals surface area contributed by atoms with Crippen LogP contribution < -0.4 is 10.5 Å². The molecule has 3 heteroatoms. The van der Waals surface area contributed by atoms with Gasteiger partial charge in [0.05, 0.1) is 39.1 Å². The van der Waals surface area contributed by atoms with Crippen molar-refractivity contribution in [3.8, 4) is 27.9 Å². The van der Waals surface area contributed by atoms with E-state index in [1.807, 2.05) is 22.8 Å². The zero-order valence-corrected chi connectivity index (χ0v) is 32.4. The van der Waals surface area contributed by atoms with Crippen molar-refractivity contribution in [1.82, 2.24) is 4.57 Å². The maximum Gasteiger partial charge on any atom is 0.263 e. The molecule has 0 fully saturated rings. The van der Waals surface area contributed by atoms with Crippen molar-refractivity contribution in [3.05, 3.63) is 261 Å². The van der Waals surface area contributed by atoms with Gasteiger partial charge in [0.1, 0.15) is 0 Å². The highest BCUT2D eigenvalue weighted by molar-refractivity contribution is 6.10. The van der Waals surface area contributed by atoms with Crippen molar-refractivity contribution >= 4 is 38.7 Å². The van der Waals surface area contributed by atoms with Crippen LogP contribution in [0.25, 0.3) is 49.6 Å². The van der Waals surface area contributed by atoms with Crippen molar-refractivity contribution in [1.29, 1.82) is 0 Å². The Hall–Kier alpha value is -7.75. The fourth-order valence-corrected chi connectivity index (χ4v) is 12.2. The first kappa shape index (κ1) is 32.2. The highest BCUT2D eigenvalue weighted by Gasteiger charge is 2.54. The summed E-state index contributed by atoms with van der Waals surface area (Å²) in [5.41, 5.74) is 19.1. The van der Waals surface area contributed by atoms with Crippen molar-refractivity contribution in [3.63, 3.8) is 0 Å². The minimum Gasteiger partial charge on any atom is -0.309 e. The first-order valence-electron chi connectivity index (χ1n) is 20.8. The fraction of sp³-hybridized carbons (Fsp3) is 0.0351. The molecule has 60 heavy (non-hydrogen) atoms. The van der Waals surface area contributed by atoms with Gasteiger partial charge in [0, 0.05) is 16.3 Å². The van der Waals surface area contributed by atoms with E-state index in [0.717, 1.165) is 55.6 Å². The smallest absolute Gasteiger partial charge is 0.263 e. The second-order valence-electron chi connectivity index (χ2n) is 16.6. The molecule has 2 aliphatic heterocycles. The Labute approximate surface area is 346 Å². The number of fused-ring (bicyclic) bond motifs is 20. The average Bonchev–Trinajstić information content (AvgIpc) is 3.79. The van der Waals surface area contributed by atoms with Crippen LogP contribution in [0.3, 0.4) is 0 Å². The summed E-state index contributed by atoms with van der Waals surface area (Å²) in [7, 11) is 0. The van der Waals surface area contributed by atoms with E-state index >= 15 is 0 Å². The number of rotatable bonds is 1. The Morgan fingerprint density at radius 3 is 1.35 bits per heavy atom. The van der Waals surface area contributed by atoms with Gasteiger partial charge in [0.25, 0.3) is 5.56 Å². The molecule has 2 aliphatic carbocycles. The predicted octanol–water partition coefficient (Wildman–Crippen LogP) is 13.0. The van der Waals surface area contributed by atoms with Gasteiger partial charge < -0.3 is 4.90 Å². The molecule has 0 saturated carbocycles. The van der Waals surface area contributed by atoms with Gasteiger partial charge in [-0.25, -0.2) is 0 Å². The molecule has 10 aromatic rings. The molecule has 0 amide bonds. The van der Waals surface area contributed by atoms with Gasteiger partial charge in [-0.05, 0) is 96.9 Å². The first-order chi connectivity index (χ1) is 29.7. The van der Waals surface area contributed by atoms with Gasteiger partial charge in [-0.1, -0.05) is 176 Å². The van der Waals surface area contributed by atoms with Gasteiger partial charge in [-0.3, -0.25) is 9.36 Å². The second kappa shape index (κ2) is 11.3. The molecule has 14 rings (SSSR count). The van der Waals surface area contributed by atoms with Gasteiger partial charge >= 0.3 is 0 Å². The quantitative estimate of drug-likeness (QED) is 0.156. The van der Waals surface area contributed by atoms with E-state index in [2.05, 4.69) is 193 Å². The molecule has 3 heterocycles. The number of nitrogens with zero attached hydrogens (tertiary/aromatic N) is 2. The summed E-state index contributed by atoms with van der Waals surface area (Å²) < 4.78 is 1.99. The van der Waals surface area contributed by atoms with Crippen LogP contribution in [0.1, 0.15) is 44.5 Å². The van der Waals surface area contributed by atoms with Gasteiger partial charge in [-0.15, -0.1) is 0 Å². The maximum absolute atomic E-state index is 14.7. The van der Waals surface area contributed by atoms with Crippen LogP contribution in [-0.2, 0) is 10.8 Å². The van der Waals surface area contributed by atoms with E-state index in [-0.39, 0.29) is 5.56 Å². The maximum atomic E-state index is 14.7. The summed E-state index contributed by atoms with van der Waals surface area (Å²) >= 11 is 0. The van der Waals surface area contributed by atoms with E-state index in [9.17, 15) is 4.79 Å². The highest BCUT2D eigenvalue weighted by Crippen LogP contribution is 2.67. The lowest BCUT2D eigenvalue weighted by atomic mass is 9.60. The third kappa shape index (κ3) is 3.55. The Morgan fingerprint density at radius 2 is 0.700 bits per heavy atom. The van der Waals surface area contributed by atoms with Gasteiger partial charge in [-0.2, -0.15) is 0 Å². The van der Waals surface area contributed by atoms with Crippen LogP contribution in [0.5, 0.6) is 0 Å². The third-order valence-corrected chi connectivity index (χ3v) is 14.2. The molecule has 0 unspecified atom stereocenters. The van der Waals surface area contributed by atoms with E-state index in [4.69, 9.17) is 0 Å². The Morgan fingerprint density at radius 1 is 0.300 bits per heavy atom. The number of aromatic nitrogens is 1. The molecule has 0 N–H and O–H groups in total.